The Bertz CT molecular complexity index is 347. The number of likely N-dealkylation sites (tertiary alicyclic amines) is 1. The summed E-state index contributed by atoms with van der Waals surface area (Å²) < 4.78 is 10.4. The third-order valence-corrected chi connectivity index (χ3v) is 3.07. The van der Waals surface area contributed by atoms with Gasteiger partial charge in [-0.3, -0.25) is 4.79 Å². The van der Waals surface area contributed by atoms with Crippen molar-refractivity contribution in [2.45, 2.75) is 45.3 Å². The van der Waals surface area contributed by atoms with Crippen LogP contribution < -0.4 is 11.1 Å². The van der Waals surface area contributed by atoms with E-state index in [9.17, 15) is 9.59 Å². The van der Waals surface area contributed by atoms with E-state index in [1.165, 1.54) is 0 Å². The molecule has 3 N–H and O–H groups in total. The van der Waals surface area contributed by atoms with Crippen LogP contribution in [0, 0.1) is 0 Å². The summed E-state index contributed by atoms with van der Waals surface area (Å²) in [4.78, 5) is 24.1. The monoisotopic (exact) mass is 301 g/mol. The highest BCUT2D eigenvalue weighted by molar-refractivity contribution is 5.74. The number of rotatable bonds is 6. The molecule has 0 aromatic heterocycles. The predicted octanol–water partition coefficient (Wildman–Crippen LogP) is 0.477. The number of primary amides is 1. The second-order valence-corrected chi connectivity index (χ2v) is 6.21. The van der Waals surface area contributed by atoms with Crippen LogP contribution in [0.1, 0.15) is 33.6 Å². The van der Waals surface area contributed by atoms with Gasteiger partial charge in [-0.15, -0.1) is 0 Å². The fourth-order valence-corrected chi connectivity index (χ4v) is 2.10. The highest BCUT2D eigenvalue weighted by Crippen LogP contribution is 2.15. The molecule has 0 saturated carbocycles. The number of nitrogens with two attached hydrogens (primary N) is 1. The molecule has 122 valence electrons. The van der Waals surface area contributed by atoms with Gasteiger partial charge in [-0.2, -0.15) is 0 Å². The topological polar surface area (TPSA) is 93.9 Å². The molecule has 2 amide bonds. The SMILES string of the molecule is CC(C)(C)OC(=O)N1CCC(NCCOCC(N)=O)CC1. The lowest BCUT2D eigenvalue weighted by Crippen LogP contribution is -2.47. The fourth-order valence-electron chi connectivity index (χ4n) is 2.10. The number of ether oxygens (including phenoxy) is 2. The van der Waals surface area contributed by atoms with Crippen LogP contribution >= 0.6 is 0 Å². The van der Waals surface area contributed by atoms with E-state index in [0.29, 0.717) is 32.3 Å². The zero-order valence-electron chi connectivity index (χ0n) is 13.2. The third-order valence-electron chi connectivity index (χ3n) is 3.07. The lowest BCUT2D eigenvalue weighted by atomic mass is 10.1. The van der Waals surface area contributed by atoms with Gasteiger partial charge in [-0.05, 0) is 33.6 Å². The van der Waals surface area contributed by atoms with Crippen LogP contribution in [0.5, 0.6) is 0 Å². The van der Waals surface area contributed by atoms with Crippen molar-refractivity contribution in [1.29, 1.82) is 0 Å². The van der Waals surface area contributed by atoms with Crippen molar-refractivity contribution in [3.05, 3.63) is 0 Å². The molecule has 1 heterocycles. The summed E-state index contributed by atoms with van der Waals surface area (Å²) >= 11 is 0. The van der Waals surface area contributed by atoms with E-state index in [4.69, 9.17) is 15.2 Å². The number of nitrogens with one attached hydrogen (secondary N) is 1. The Labute approximate surface area is 126 Å². The molecule has 0 aromatic carbocycles. The van der Waals surface area contributed by atoms with Gasteiger partial charge in [0, 0.05) is 25.7 Å². The van der Waals surface area contributed by atoms with E-state index in [1.54, 1.807) is 4.90 Å². The van der Waals surface area contributed by atoms with Crippen LogP contribution in [0.25, 0.3) is 0 Å². The van der Waals surface area contributed by atoms with E-state index < -0.39 is 11.5 Å². The quantitative estimate of drug-likeness (QED) is 0.696. The van der Waals surface area contributed by atoms with Crippen molar-refractivity contribution >= 4 is 12.0 Å². The van der Waals surface area contributed by atoms with Gasteiger partial charge < -0.3 is 25.4 Å². The minimum atomic E-state index is -0.458. The minimum absolute atomic E-state index is 0.0429. The maximum absolute atomic E-state index is 11.9. The van der Waals surface area contributed by atoms with Crippen molar-refractivity contribution in [3.8, 4) is 0 Å². The number of carbonyl (C=O) groups is 2. The van der Waals surface area contributed by atoms with Gasteiger partial charge in [0.15, 0.2) is 0 Å². The molecule has 1 fully saturated rings. The normalized spacial score (nSPS) is 16.8. The number of carbonyl (C=O) groups excluding carboxylic acids is 2. The van der Waals surface area contributed by atoms with E-state index in [1.807, 2.05) is 20.8 Å². The van der Waals surface area contributed by atoms with Crippen LogP contribution in [0.4, 0.5) is 4.79 Å². The zero-order chi connectivity index (χ0) is 15.9. The molecule has 1 aliphatic heterocycles. The fraction of sp³-hybridized carbons (Fsp3) is 0.857. The molecule has 0 spiro atoms. The second kappa shape index (κ2) is 8.19. The summed E-state index contributed by atoms with van der Waals surface area (Å²) in [5.41, 5.74) is 4.52. The van der Waals surface area contributed by atoms with E-state index in [0.717, 1.165) is 12.8 Å². The van der Waals surface area contributed by atoms with Gasteiger partial charge in [0.2, 0.25) is 5.91 Å². The average Bonchev–Trinajstić information content (AvgIpc) is 2.36. The molecule has 0 aromatic rings. The Morgan fingerprint density at radius 2 is 1.90 bits per heavy atom. The molecule has 1 saturated heterocycles. The van der Waals surface area contributed by atoms with E-state index in [2.05, 4.69) is 5.32 Å². The first-order valence-electron chi connectivity index (χ1n) is 7.35. The first-order chi connectivity index (χ1) is 9.78. The smallest absolute Gasteiger partial charge is 0.410 e. The second-order valence-electron chi connectivity index (χ2n) is 6.21. The van der Waals surface area contributed by atoms with Crippen LogP contribution in [0.15, 0.2) is 0 Å². The van der Waals surface area contributed by atoms with Gasteiger partial charge in [-0.25, -0.2) is 4.79 Å². The maximum atomic E-state index is 11.9. The molecular weight excluding hydrogens is 274 g/mol. The predicted molar refractivity (Wildman–Crippen MR) is 78.8 cm³/mol. The molecule has 0 unspecified atom stereocenters. The van der Waals surface area contributed by atoms with Crippen LogP contribution in [0.2, 0.25) is 0 Å². The summed E-state index contributed by atoms with van der Waals surface area (Å²) in [6.07, 6.45) is 1.52. The Balaban J connectivity index is 2.14. The van der Waals surface area contributed by atoms with Crippen molar-refractivity contribution in [2.24, 2.45) is 5.73 Å². The largest absolute Gasteiger partial charge is 0.444 e. The average molecular weight is 301 g/mol. The van der Waals surface area contributed by atoms with Crippen LogP contribution in [0.3, 0.4) is 0 Å². The van der Waals surface area contributed by atoms with Crippen molar-refractivity contribution < 1.29 is 19.1 Å². The number of hydrogen-bond donors (Lipinski definition) is 2. The third kappa shape index (κ3) is 7.87. The lowest BCUT2D eigenvalue weighted by molar-refractivity contribution is -0.122. The Morgan fingerprint density at radius 1 is 1.29 bits per heavy atom. The summed E-state index contributed by atoms with van der Waals surface area (Å²) in [5, 5.41) is 3.35. The first kappa shape index (κ1) is 17.7. The van der Waals surface area contributed by atoms with Gasteiger partial charge in [0.25, 0.3) is 0 Å². The molecule has 7 nitrogen and oxygen atoms in total. The van der Waals surface area contributed by atoms with Crippen molar-refractivity contribution in [3.63, 3.8) is 0 Å². The summed E-state index contributed by atoms with van der Waals surface area (Å²) in [7, 11) is 0. The number of nitrogens with zero attached hydrogens (tertiary/aromatic N) is 1. The van der Waals surface area contributed by atoms with Gasteiger partial charge in [-0.1, -0.05) is 0 Å². The van der Waals surface area contributed by atoms with Crippen LogP contribution in [-0.2, 0) is 14.3 Å². The Hall–Kier alpha value is -1.34. The highest BCUT2D eigenvalue weighted by Gasteiger charge is 2.26. The zero-order valence-corrected chi connectivity index (χ0v) is 13.2. The molecule has 0 aliphatic carbocycles. The van der Waals surface area contributed by atoms with Gasteiger partial charge >= 0.3 is 6.09 Å². The number of hydrogen-bond acceptors (Lipinski definition) is 5. The number of piperidine rings is 1. The molecule has 0 bridgehead atoms. The van der Waals surface area contributed by atoms with Crippen molar-refractivity contribution in [1.82, 2.24) is 10.2 Å². The molecule has 7 heteroatoms. The van der Waals surface area contributed by atoms with E-state index >= 15 is 0 Å². The summed E-state index contributed by atoms with van der Waals surface area (Å²) in [5.74, 6) is -0.458. The van der Waals surface area contributed by atoms with E-state index in [-0.39, 0.29) is 12.7 Å². The van der Waals surface area contributed by atoms with Crippen LogP contribution in [-0.4, -0.2) is 61.4 Å². The molecule has 0 atom stereocenters. The van der Waals surface area contributed by atoms with Crippen molar-refractivity contribution in [2.75, 3.05) is 32.8 Å². The Kier molecular flexibility index (Phi) is 6.91. The summed E-state index contributed by atoms with van der Waals surface area (Å²) in [6, 6.07) is 0.362. The standard InChI is InChI=1S/C14H27N3O4/c1-14(2,3)21-13(19)17-7-4-11(5-8-17)16-6-9-20-10-12(15)18/h11,16H,4-10H2,1-3H3,(H2,15,18). The Morgan fingerprint density at radius 3 is 2.43 bits per heavy atom. The molecule has 0 radical (unpaired) electrons. The lowest BCUT2D eigenvalue weighted by Gasteiger charge is -2.33. The summed E-state index contributed by atoms with van der Waals surface area (Å²) in [6.45, 7) is 8.06. The van der Waals surface area contributed by atoms with Gasteiger partial charge in [0.05, 0.1) is 6.61 Å². The first-order valence-corrected chi connectivity index (χ1v) is 7.35. The minimum Gasteiger partial charge on any atom is -0.444 e. The molecule has 1 rings (SSSR count). The molecule has 21 heavy (non-hydrogen) atoms. The molecule has 1 aliphatic rings. The van der Waals surface area contributed by atoms with Gasteiger partial charge in [0.1, 0.15) is 12.2 Å². The highest BCUT2D eigenvalue weighted by atomic mass is 16.6. The maximum Gasteiger partial charge on any atom is 0.410 e. The number of amides is 2. The molecular formula is C14H27N3O4.